The molecule has 9 heteroatoms. The highest BCUT2D eigenvalue weighted by atomic mass is 32.1. The van der Waals surface area contributed by atoms with Gasteiger partial charge in [0.25, 0.3) is 5.91 Å². The van der Waals surface area contributed by atoms with Gasteiger partial charge in [-0.05, 0) is 56.6 Å². The maximum atomic E-state index is 13.0. The van der Waals surface area contributed by atoms with Crippen LogP contribution in [0.1, 0.15) is 60.4 Å². The Bertz CT molecular complexity index is 924. The third kappa shape index (κ3) is 4.37. The van der Waals surface area contributed by atoms with Crippen molar-refractivity contribution in [3.8, 4) is 0 Å². The first-order valence-corrected chi connectivity index (χ1v) is 11.6. The largest absolute Gasteiger partial charge is 0.389 e. The van der Waals surface area contributed by atoms with Gasteiger partial charge in [-0.3, -0.25) is 9.48 Å². The van der Waals surface area contributed by atoms with Crippen molar-refractivity contribution in [1.82, 2.24) is 14.8 Å². The molecule has 0 bridgehead atoms. The van der Waals surface area contributed by atoms with Crippen LogP contribution in [0.15, 0.2) is 12.3 Å². The molecule has 30 heavy (non-hydrogen) atoms. The number of anilines is 3. The fourth-order valence-corrected chi connectivity index (χ4v) is 5.19. The summed E-state index contributed by atoms with van der Waals surface area (Å²) in [6.07, 6.45) is 11.7. The van der Waals surface area contributed by atoms with Crippen molar-refractivity contribution in [2.24, 2.45) is 18.7 Å². The van der Waals surface area contributed by atoms with E-state index in [-0.39, 0.29) is 5.91 Å². The molecule has 2 aromatic rings. The summed E-state index contributed by atoms with van der Waals surface area (Å²) in [6, 6.07) is 0. The van der Waals surface area contributed by atoms with E-state index in [0.717, 1.165) is 62.6 Å². The molecule has 5 N–H and O–H groups in total. The number of piperidine rings is 1. The summed E-state index contributed by atoms with van der Waals surface area (Å²) >= 11 is 1.40. The van der Waals surface area contributed by atoms with Crippen LogP contribution < -0.4 is 21.7 Å². The average molecular weight is 430 g/mol. The second kappa shape index (κ2) is 9.18. The molecule has 0 radical (unpaired) electrons. The quantitative estimate of drug-likeness (QED) is 0.672. The minimum atomic E-state index is -0.282. The molecule has 2 aromatic heterocycles. The van der Waals surface area contributed by atoms with Crippen LogP contribution in [0.5, 0.6) is 0 Å². The number of carbonyl (C=O) groups is 1. The van der Waals surface area contributed by atoms with Crippen molar-refractivity contribution in [3.05, 3.63) is 23.0 Å². The Morgan fingerprint density at radius 1 is 1.30 bits per heavy atom. The summed E-state index contributed by atoms with van der Waals surface area (Å²) in [6.45, 7) is 2.54. The third-order valence-corrected chi connectivity index (χ3v) is 7.05. The van der Waals surface area contributed by atoms with Crippen LogP contribution >= 0.6 is 11.3 Å². The molecule has 4 rings (SSSR count). The molecular formula is C21H31N7OS. The number of amides is 1. The lowest BCUT2D eigenvalue weighted by Gasteiger charge is -2.33. The van der Waals surface area contributed by atoms with E-state index in [2.05, 4.69) is 26.4 Å². The van der Waals surface area contributed by atoms with Crippen LogP contribution in [0.3, 0.4) is 0 Å². The second-order valence-electron chi connectivity index (χ2n) is 8.19. The monoisotopic (exact) mass is 429 g/mol. The fourth-order valence-electron chi connectivity index (χ4n) is 4.30. The lowest BCUT2D eigenvalue weighted by atomic mass is 9.97. The van der Waals surface area contributed by atoms with Crippen LogP contribution in [0.25, 0.3) is 5.57 Å². The van der Waals surface area contributed by atoms with Crippen LogP contribution in [0.4, 0.5) is 16.5 Å². The van der Waals surface area contributed by atoms with Gasteiger partial charge in [-0.1, -0.05) is 23.8 Å². The van der Waals surface area contributed by atoms with Crippen LogP contribution in [-0.2, 0) is 7.05 Å². The molecule has 0 unspecified atom stereocenters. The summed E-state index contributed by atoms with van der Waals surface area (Å²) in [7, 11) is 1.90. The van der Waals surface area contributed by atoms with Gasteiger partial charge >= 0.3 is 0 Å². The number of aryl methyl sites for hydroxylation is 1. The number of allylic oxidation sites excluding steroid dienone is 2. The summed E-state index contributed by atoms with van der Waals surface area (Å²) in [5.41, 5.74) is 14.2. The minimum absolute atomic E-state index is 0.282. The van der Waals surface area contributed by atoms with E-state index in [9.17, 15) is 4.79 Å². The summed E-state index contributed by atoms with van der Waals surface area (Å²) in [5, 5.41) is 8.69. The normalized spacial score (nSPS) is 18.2. The van der Waals surface area contributed by atoms with Gasteiger partial charge in [0.05, 0.1) is 6.20 Å². The number of nitrogen functional groups attached to an aromatic ring is 1. The van der Waals surface area contributed by atoms with E-state index in [4.69, 9.17) is 11.5 Å². The van der Waals surface area contributed by atoms with Gasteiger partial charge in [0.2, 0.25) is 0 Å². The first kappa shape index (κ1) is 20.9. The maximum absolute atomic E-state index is 13.0. The predicted molar refractivity (Wildman–Crippen MR) is 123 cm³/mol. The standard InChI is InChI=1S/C21H31N7OS/c1-27-21(28-10-8-14(12-22)9-11-28)16(13-24-27)25-19(29)17-18(23)30-20(26-17)15-6-4-2-3-5-7-15/h6,13-14H,2-5,7-12,22-23H2,1H3,(H,25,29). The van der Waals surface area contributed by atoms with E-state index in [0.29, 0.717) is 22.3 Å². The lowest BCUT2D eigenvalue weighted by Crippen LogP contribution is -2.37. The highest BCUT2D eigenvalue weighted by Gasteiger charge is 2.25. The molecule has 3 heterocycles. The molecular weight excluding hydrogens is 398 g/mol. The zero-order valence-electron chi connectivity index (χ0n) is 17.6. The van der Waals surface area contributed by atoms with Crippen LogP contribution in [0, 0.1) is 5.92 Å². The Morgan fingerprint density at radius 3 is 2.87 bits per heavy atom. The molecule has 0 spiro atoms. The molecule has 1 aliphatic heterocycles. The second-order valence-corrected chi connectivity index (χ2v) is 9.22. The molecule has 162 valence electrons. The van der Waals surface area contributed by atoms with Crippen molar-refractivity contribution >= 4 is 39.3 Å². The number of hydrogen-bond acceptors (Lipinski definition) is 7. The smallest absolute Gasteiger partial charge is 0.277 e. The Kier molecular flexibility index (Phi) is 6.38. The van der Waals surface area contributed by atoms with Crippen molar-refractivity contribution in [2.45, 2.75) is 44.9 Å². The highest BCUT2D eigenvalue weighted by Crippen LogP contribution is 2.34. The molecule has 0 saturated carbocycles. The number of nitrogens with one attached hydrogen (secondary N) is 1. The molecule has 1 amide bonds. The number of nitrogens with two attached hydrogens (primary N) is 2. The van der Waals surface area contributed by atoms with Gasteiger partial charge in [-0.25, -0.2) is 4.98 Å². The zero-order valence-corrected chi connectivity index (χ0v) is 18.4. The summed E-state index contributed by atoms with van der Waals surface area (Å²) in [5.74, 6) is 1.20. The summed E-state index contributed by atoms with van der Waals surface area (Å²) < 4.78 is 1.81. The van der Waals surface area contributed by atoms with Gasteiger partial charge < -0.3 is 21.7 Å². The van der Waals surface area contributed by atoms with Crippen molar-refractivity contribution in [1.29, 1.82) is 0 Å². The minimum Gasteiger partial charge on any atom is -0.389 e. The predicted octanol–water partition coefficient (Wildman–Crippen LogP) is 3.23. The van der Waals surface area contributed by atoms with Crippen LogP contribution in [0.2, 0.25) is 0 Å². The Morgan fingerprint density at radius 2 is 2.10 bits per heavy atom. The molecule has 8 nitrogen and oxygen atoms in total. The molecule has 0 aromatic carbocycles. The number of nitrogens with zero attached hydrogens (tertiary/aromatic N) is 4. The molecule has 1 fully saturated rings. The maximum Gasteiger partial charge on any atom is 0.277 e. The average Bonchev–Trinajstić information content (AvgIpc) is 3.18. The lowest BCUT2D eigenvalue weighted by molar-refractivity contribution is 0.102. The van der Waals surface area contributed by atoms with Gasteiger partial charge in [-0.2, -0.15) is 5.10 Å². The van der Waals surface area contributed by atoms with E-state index in [1.165, 1.54) is 29.8 Å². The van der Waals surface area contributed by atoms with E-state index < -0.39 is 0 Å². The number of hydrogen-bond donors (Lipinski definition) is 3. The molecule has 2 aliphatic rings. The Labute approximate surface area is 181 Å². The zero-order chi connectivity index (χ0) is 21.1. The van der Waals surface area contributed by atoms with Crippen molar-refractivity contribution in [3.63, 3.8) is 0 Å². The summed E-state index contributed by atoms with van der Waals surface area (Å²) in [4.78, 5) is 19.9. The number of carbonyl (C=O) groups excluding carboxylic acids is 1. The van der Waals surface area contributed by atoms with Gasteiger partial charge in [0.1, 0.15) is 15.7 Å². The highest BCUT2D eigenvalue weighted by molar-refractivity contribution is 7.17. The number of rotatable bonds is 5. The first-order chi connectivity index (χ1) is 14.6. The van der Waals surface area contributed by atoms with Gasteiger partial charge in [0.15, 0.2) is 11.5 Å². The van der Waals surface area contributed by atoms with Crippen LogP contribution in [-0.4, -0.2) is 40.3 Å². The Balaban J connectivity index is 1.50. The van der Waals surface area contributed by atoms with E-state index in [1.54, 1.807) is 6.20 Å². The van der Waals surface area contributed by atoms with E-state index >= 15 is 0 Å². The molecule has 1 saturated heterocycles. The number of aromatic nitrogens is 3. The fraction of sp³-hybridized carbons (Fsp3) is 0.571. The number of thiazole rings is 1. The first-order valence-electron chi connectivity index (χ1n) is 10.8. The molecule has 0 atom stereocenters. The molecule has 1 aliphatic carbocycles. The third-order valence-electron chi connectivity index (χ3n) is 6.09. The van der Waals surface area contributed by atoms with Gasteiger partial charge in [0, 0.05) is 20.1 Å². The Hall–Kier alpha value is -2.39. The topological polar surface area (TPSA) is 115 Å². The van der Waals surface area contributed by atoms with E-state index in [1.807, 2.05) is 11.7 Å². The van der Waals surface area contributed by atoms with Gasteiger partial charge in [-0.15, -0.1) is 0 Å². The van der Waals surface area contributed by atoms with Crippen molar-refractivity contribution in [2.75, 3.05) is 35.6 Å². The van der Waals surface area contributed by atoms with Crippen molar-refractivity contribution < 1.29 is 4.79 Å². The SMILES string of the molecule is Cn1ncc(NC(=O)c2nc(C3=CCCCCC3)sc2N)c1N1CCC(CN)CC1.